The van der Waals surface area contributed by atoms with Gasteiger partial charge in [0.15, 0.2) is 17.5 Å². The third kappa shape index (κ3) is 3.65. The first-order valence-corrected chi connectivity index (χ1v) is 9.74. The fourth-order valence-corrected chi connectivity index (χ4v) is 3.55. The van der Waals surface area contributed by atoms with Gasteiger partial charge >= 0.3 is 0 Å². The topological polar surface area (TPSA) is 82.0 Å². The van der Waals surface area contributed by atoms with Gasteiger partial charge in [-0.1, -0.05) is 6.07 Å². The Labute approximate surface area is 184 Å². The Kier molecular flexibility index (Phi) is 4.97. The van der Waals surface area contributed by atoms with Gasteiger partial charge in [-0.2, -0.15) is 0 Å². The van der Waals surface area contributed by atoms with Gasteiger partial charge in [0.05, 0.1) is 5.52 Å². The number of anilines is 1. The number of nitrogens with zero attached hydrogens (tertiary/aromatic N) is 5. The van der Waals surface area contributed by atoms with Gasteiger partial charge in [0.2, 0.25) is 0 Å². The Hall–Kier alpha value is -4.34. The van der Waals surface area contributed by atoms with Crippen LogP contribution in [0.3, 0.4) is 0 Å². The van der Waals surface area contributed by atoms with Crippen LogP contribution in [0.4, 0.5) is 23.4 Å². The highest BCUT2D eigenvalue weighted by atomic mass is 19.2. The van der Waals surface area contributed by atoms with E-state index in [9.17, 15) is 17.6 Å². The largest absolute Gasteiger partial charge is 0.383 e. The molecule has 0 atom stereocenters. The molecule has 6 nitrogen and oxygen atoms in total. The molecule has 0 aliphatic heterocycles. The van der Waals surface area contributed by atoms with Crippen LogP contribution in [0.1, 0.15) is 11.4 Å². The van der Waals surface area contributed by atoms with Crippen molar-refractivity contribution in [1.29, 1.82) is 0 Å². The Morgan fingerprint density at radius 1 is 0.909 bits per heavy atom. The van der Waals surface area contributed by atoms with Crippen LogP contribution in [0, 0.1) is 23.3 Å². The molecule has 5 aromatic rings. The molecule has 1 aromatic carbocycles. The monoisotopic (exact) mass is 450 g/mol. The number of hydrogen-bond donors (Lipinski definition) is 1. The number of halogens is 4. The minimum Gasteiger partial charge on any atom is -0.383 e. The number of hydrogen-bond acceptors (Lipinski definition) is 5. The van der Waals surface area contributed by atoms with Crippen LogP contribution in [0.5, 0.6) is 0 Å². The molecule has 0 saturated heterocycles. The minimum atomic E-state index is -1.33. The molecule has 4 heterocycles. The van der Waals surface area contributed by atoms with Crippen LogP contribution in [-0.4, -0.2) is 24.3 Å². The molecule has 0 bridgehead atoms. The van der Waals surface area contributed by atoms with Crippen LogP contribution < -0.4 is 5.73 Å². The molecule has 5 rings (SSSR count). The quantitative estimate of drug-likeness (QED) is 0.320. The van der Waals surface area contributed by atoms with Crippen molar-refractivity contribution in [2.24, 2.45) is 0 Å². The molecule has 0 spiro atoms. The van der Waals surface area contributed by atoms with E-state index in [-0.39, 0.29) is 23.2 Å². The molecule has 0 aliphatic rings. The van der Waals surface area contributed by atoms with Crippen molar-refractivity contribution in [2.75, 3.05) is 5.73 Å². The molecular weight excluding hydrogens is 436 g/mol. The van der Waals surface area contributed by atoms with E-state index < -0.39 is 35.3 Å². The van der Waals surface area contributed by atoms with Crippen molar-refractivity contribution in [3.63, 3.8) is 0 Å². The van der Waals surface area contributed by atoms with E-state index in [0.29, 0.717) is 17.1 Å². The number of imidazole rings is 1. The van der Waals surface area contributed by atoms with Gasteiger partial charge in [-0.3, -0.25) is 9.38 Å². The summed E-state index contributed by atoms with van der Waals surface area (Å²) in [4.78, 5) is 17.1. The lowest BCUT2D eigenvalue weighted by Gasteiger charge is -2.05. The van der Waals surface area contributed by atoms with Gasteiger partial charge in [-0.05, 0) is 30.3 Å². The van der Waals surface area contributed by atoms with Crippen LogP contribution in [0.25, 0.3) is 28.2 Å². The average molecular weight is 450 g/mol. The highest BCUT2D eigenvalue weighted by Crippen LogP contribution is 2.29. The number of aromatic nitrogens is 5. The van der Waals surface area contributed by atoms with Gasteiger partial charge in [0.1, 0.15) is 29.0 Å². The van der Waals surface area contributed by atoms with E-state index in [1.807, 2.05) is 0 Å². The van der Waals surface area contributed by atoms with Crippen LogP contribution in [0.15, 0.2) is 61.2 Å². The Balaban J connectivity index is 1.64. The molecule has 0 aliphatic carbocycles. The molecule has 4 aromatic heterocycles. The zero-order chi connectivity index (χ0) is 23.1. The highest BCUT2D eigenvalue weighted by molar-refractivity contribution is 5.78. The number of pyridine rings is 2. The van der Waals surface area contributed by atoms with Crippen molar-refractivity contribution in [3.8, 4) is 22.6 Å². The number of benzene rings is 1. The lowest BCUT2D eigenvalue weighted by Crippen LogP contribution is -2.04. The summed E-state index contributed by atoms with van der Waals surface area (Å²) >= 11 is 0. The molecule has 0 saturated carbocycles. The van der Waals surface area contributed by atoms with Gasteiger partial charge in [-0.15, -0.1) is 0 Å². The van der Waals surface area contributed by atoms with Crippen molar-refractivity contribution >= 4 is 11.3 Å². The summed E-state index contributed by atoms with van der Waals surface area (Å²) in [5, 5.41) is 0. The fraction of sp³-hybridized carbons (Fsp3) is 0.0435. The molecule has 0 radical (unpaired) electrons. The number of nitrogens with two attached hydrogens (primary N) is 1. The average Bonchev–Trinajstić information content (AvgIpc) is 3.17. The summed E-state index contributed by atoms with van der Waals surface area (Å²) in [5.41, 5.74) is 7.50. The van der Waals surface area contributed by atoms with Gasteiger partial charge in [-0.25, -0.2) is 32.5 Å². The molecule has 2 N–H and O–H groups in total. The second-order valence-electron chi connectivity index (χ2n) is 7.21. The van der Waals surface area contributed by atoms with Crippen molar-refractivity contribution in [3.05, 3.63) is 95.8 Å². The molecule has 0 fully saturated rings. The molecule has 10 heteroatoms. The van der Waals surface area contributed by atoms with Gasteiger partial charge in [0, 0.05) is 47.9 Å². The maximum Gasteiger partial charge on any atom is 0.182 e. The normalized spacial score (nSPS) is 11.3. The summed E-state index contributed by atoms with van der Waals surface area (Å²) in [6, 6.07) is 7.72. The Morgan fingerprint density at radius 2 is 1.73 bits per heavy atom. The third-order valence-electron chi connectivity index (χ3n) is 5.15. The third-order valence-corrected chi connectivity index (χ3v) is 5.15. The van der Waals surface area contributed by atoms with E-state index in [1.54, 1.807) is 24.5 Å². The SMILES string of the molecule is Nc1nc(-c2nc(Cc3c(F)ccc(F)c3F)n3cc(F)ccc23)ncc1-c1cccnc1. The molecule has 0 unspecified atom stereocenters. The standard InChI is InChI=1S/C23H14F4N6/c24-13-3-6-18-21(23-30-10-15(22(28)32-23)12-2-1-7-29-9-12)31-19(33(18)11-13)8-14-16(25)4-5-17(26)20(14)27/h1-7,9-11H,8H2,(H2,28,30,32). The number of fused-ring (bicyclic) bond motifs is 1. The predicted octanol–water partition coefficient (Wildman–Crippen LogP) is 4.58. The van der Waals surface area contributed by atoms with E-state index in [4.69, 9.17) is 5.73 Å². The zero-order valence-corrected chi connectivity index (χ0v) is 16.8. The summed E-state index contributed by atoms with van der Waals surface area (Å²) in [5.74, 6) is -3.69. The Bertz CT molecular complexity index is 1500. The molecular formula is C23H14F4N6. The fourth-order valence-electron chi connectivity index (χ4n) is 3.55. The summed E-state index contributed by atoms with van der Waals surface area (Å²) < 4.78 is 57.4. The lowest BCUT2D eigenvalue weighted by molar-refractivity contribution is 0.481. The van der Waals surface area contributed by atoms with Crippen molar-refractivity contribution < 1.29 is 17.6 Å². The van der Waals surface area contributed by atoms with E-state index in [0.717, 1.165) is 17.8 Å². The molecule has 164 valence electrons. The summed E-state index contributed by atoms with van der Waals surface area (Å²) in [6.45, 7) is 0. The van der Waals surface area contributed by atoms with Crippen LogP contribution in [-0.2, 0) is 6.42 Å². The number of rotatable bonds is 4. The lowest BCUT2D eigenvalue weighted by atomic mass is 10.1. The Morgan fingerprint density at radius 3 is 2.48 bits per heavy atom. The van der Waals surface area contributed by atoms with Crippen LogP contribution in [0.2, 0.25) is 0 Å². The van der Waals surface area contributed by atoms with Crippen molar-refractivity contribution in [1.82, 2.24) is 24.3 Å². The van der Waals surface area contributed by atoms with Gasteiger partial charge in [0.25, 0.3) is 0 Å². The molecule has 33 heavy (non-hydrogen) atoms. The summed E-state index contributed by atoms with van der Waals surface area (Å²) in [6.07, 6.45) is 5.43. The van der Waals surface area contributed by atoms with Gasteiger partial charge < -0.3 is 5.73 Å². The van der Waals surface area contributed by atoms with E-state index in [2.05, 4.69) is 19.9 Å². The first-order valence-electron chi connectivity index (χ1n) is 9.74. The predicted molar refractivity (Wildman–Crippen MR) is 113 cm³/mol. The smallest absolute Gasteiger partial charge is 0.182 e. The maximum atomic E-state index is 14.2. The molecule has 0 amide bonds. The summed E-state index contributed by atoms with van der Waals surface area (Å²) in [7, 11) is 0. The minimum absolute atomic E-state index is 0.0707. The number of nitrogen functional groups attached to an aromatic ring is 1. The van der Waals surface area contributed by atoms with Crippen molar-refractivity contribution in [2.45, 2.75) is 6.42 Å². The first-order chi connectivity index (χ1) is 15.9. The van der Waals surface area contributed by atoms with E-state index in [1.165, 1.54) is 22.7 Å². The second kappa shape index (κ2) is 7.97. The maximum absolute atomic E-state index is 14.2. The first kappa shape index (κ1) is 20.6. The second-order valence-corrected chi connectivity index (χ2v) is 7.21. The van der Waals surface area contributed by atoms with E-state index >= 15 is 0 Å². The highest BCUT2D eigenvalue weighted by Gasteiger charge is 2.21. The zero-order valence-electron chi connectivity index (χ0n) is 16.8. The van der Waals surface area contributed by atoms with Crippen LogP contribution >= 0.6 is 0 Å².